The standard InChI is InChI=1S/C23H26ClN5O.C10H15FN2O.CH4.2H2S/c1-28-11-4-7-16(28)14-30-23-26-19-13-29(12-10-17(19)22(25)27-23)20-9-3-6-15-5-2-8-18(24)21(15)20;1-4-13(9(2)8-12-3)10(14)6-5-7-11;;;/h2-3,5-6,8-9,16H,4,7,10-14H2,1H3,(H2,25,26,27);5-6,9H,4,7-8H2,1-2H3;1H4;2*1H2/b;6-5+;;;/t16-;9-;;;/m01.../s1. The molecule has 0 bridgehead atoms. The minimum atomic E-state index is -0.638. The van der Waals surface area contributed by atoms with Gasteiger partial charge in [-0.2, -0.15) is 37.0 Å². The van der Waals surface area contributed by atoms with Crippen LogP contribution in [0.3, 0.4) is 0 Å². The summed E-state index contributed by atoms with van der Waals surface area (Å²) in [5.41, 5.74) is 9.36. The van der Waals surface area contributed by atoms with Gasteiger partial charge in [0.2, 0.25) is 12.5 Å². The molecule has 9 nitrogen and oxygen atoms in total. The summed E-state index contributed by atoms with van der Waals surface area (Å²) in [5.74, 6) is 0.298. The Kier molecular flexibility index (Phi) is 18.0. The third-order valence-corrected chi connectivity index (χ3v) is 8.50. The fraction of sp³-hybridized carbons (Fsp3) is 0.471. The van der Waals surface area contributed by atoms with Crippen molar-refractivity contribution < 1.29 is 13.9 Å². The number of halogens is 2. The van der Waals surface area contributed by atoms with Gasteiger partial charge in [-0.05, 0) is 70.3 Å². The van der Waals surface area contributed by atoms with Crippen LogP contribution in [0.15, 0.2) is 48.6 Å². The molecular weight excluding hydrogens is 657 g/mol. The zero-order valence-electron chi connectivity index (χ0n) is 26.7. The van der Waals surface area contributed by atoms with Crippen LogP contribution in [-0.4, -0.2) is 84.3 Å². The molecule has 2 aromatic carbocycles. The van der Waals surface area contributed by atoms with Crippen LogP contribution in [0.25, 0.3) is 15.6 Å². The summed E-state index contributed by atoms with van der Waals surface area (Å²) in [7, 11) is 2.14. The van der Waals surface area contributed by atoms with Crippen LogP contribution < -0.4 is 15.4 Å². The number of hydrogen-bond donors (Lipinski definition) is 1. The van der Waals surface area contributed by atoms with Crippen LogP contribution in [-0.2, 0) is 17.8 Å². The number of carbonyl (C=O) groups excluding carboxylic acids is 1. The Balaban J connectivity index is 0.000000563. The first-order valence-corrected chi connectivity index (χ1v) is 15.4. The number of likely N-dealkylation sites (tertiary alicyclic amines) is 1. The summed E-state index contributed by atoms with van der Waals surface area (Å²) < 4.78 is 17.7. The lowest BCUT2D eigenvalue weighted by Gasteiger charge is -2.31. The molecule has 13 heteroatoms. The van der Waals surface area contributed by atoms with E-state index in [0.29, 0.717) is 37.6 Å². The number of rotatable bonds is 9. The van der Waals surface area contributed by atoms with E-state index in [0.717, 1.165) is 58.7 Å². The Hall–Kier alpha value is -3.24. The molecule has 0 aliphatic carbocycles. The maximum Gasteiger partial charge on any atom is 0.318 e. The molecule has 0 unspecified atom stereocenters. The van der Waals surface area contributed by atoms with Crippen molar-refractivity contribution in [3.05, 3.63) is 76.2 Å². The van der Waals surface area contributed by atoms with Crippen LogP contribution in [0.1, 0.15) is 45.4 Å². The molecule has 0 saturated carbocycles. The minimum Gasteiger partial charge on any atom is -0.462 e. The summed E-state index contributed by atoms with van der Waals surface area (Å²) in [5, 5.41) is 2.98. The molecule has 3 aromatic rings. The van der Waals surface area contributed by atoms with Crippen molar-refractivity contribution in [3.8, 4) is 6.01 Å². The van der Waals surface area contributed by atoms with Gasteiger partial charge in [-0.25, -0.2) is 11.0 Å². The van der Waals surface area contributed by atoms with E-state index in [1.807, 2.05) is 26.0 Å². The van der Waals surface area contributed by atoms with Gasteiger partial charge in [-0.3, -0.25) is 4.79 Å². The van der Waals surface area contributed by atoms with E-state index < -0.39 is 6.67 Å². The normalized spacial score (nSPS) is 16.0. The molecule has 1 amide bonds. The van der Waals surface area contributed by atoms with Crippen LogP contribution in [0.5, 0.6) is 6.01 Å². The number of amides is 1. The van der Waals surface area contributed by atoms with E-state index in [1.54, 1.807) is 4.90 Å². The second-order valence-electron chi connectivity index (χ2n) is 11.1. The van der Waals surface area contributed by atoms with Crippen molar-refractivity contribution in [2.24, 2.45) is 0 Å². The van der Waals surface area contributed by atoms with Crippen LogP contribution in [0.4, 0.5) is 15.9 Å². The Morgan fingerprint density at radius 3 is 2.62 bits per heavy atom. The predicted octanol–water partition coefficient (Wildman–Crippen LogP) is 6.43. The molecule has 5 rings (SSSR count). The number of allylic oxidation sites excluding steroid dienone is 1. The molecule has 2 atom stereocenters. The number of benzene rings is 2. The lowest BCUT2D eigenvalue weighted by molar-refractivity contribution is -0.127. The van der Waals surface area contributed by atoms with Crippen molar-refractivity contribution in [2.75, 3.05) is 57.1 Å². The first kappa shape index (κ1) is 41.8. The second-order valence-corrected chi connectivity index (χ2v) is 11.5. The molecule has 2 N–H and O–H groups in total. The SMILES string of the molecule is C.CN1CCC[C@H]1COc1nc(N)c2c(n1)CN(c1cccc3cccc(Cl)c13)CC2.S.S.[C-]#[N+]C[C@@H](C)N(CC)C(=O)/C=C/CF. The number of nitrogen functional groups attached to an aromatic ring is 1. The van der Waals surface area contributed by atoms with Crippen molar-refractivity contribution >= 4 is 66.8 Å². The van der Waals surface area contributed by atoms with Gasteiger partial charge in [0.1, 0.15) is 25.1 Å². The van der Waals surface area contributed by atoms with Gasteiger partial charge < -0.3 is 30.0 Å². The number of fused-ring (bicyclic) bond motifs is 2. The third kappa shape index (κ3) is 10.6. The fourth-order valence-corrected chi connectivity index (χ4v) is 6.04. The average Bonchev–Trinajstić information content (AvgIpc) is 3.43. The molecule has 2 aliphatic rings. The Labute approximate surface area is 298 Å². The van der Waals surface area contributed by atoms with Gasteiger partial charge in [-0.1, -0.05) is 43.3 Å². The largest absolute Gasteiger partial charge is 0.462 e. The molecule has 1 aromatic heterocycles. The number of aromatic nitrogens is 2. The zero-order valence-corrected chi connectivity index (χ0v) is 29.4. The number of likely N-dealkylation sites (N-methyl/N-ethyl adjacent to an activating group) is 2. The molecular formula is C34H49ClFN7O2S2. The number of nitrogens with two attached hydrogens (primary N) is 1. The summed E-state index contributed by atoms with van der Waals surface area (Å²) >= 11 is 6.55. The summed E-state index contributed by atoms with van der Waals surface area (Å²) in [6.45, 7) is 13.7. The zero-order chi connectivity index (χ0) is 31.6. The summed E-state index contributed by atoms with van der Waals surface area (Å²) in [4.78, 5) is 30.0. The highest BCUT2D eigenvalue weighted by Crippen LogP contribution is 2.36. The molecule has 258 valence electrons. The second kappa shape index (κ2) is 20.2. The first-order chi connectivity index (χ1) is 21.3. The van der Waals surface area contributed by atoms with E-state index in [2.05, 4.69) is 50.9 Å². The van der Waals surface area contributed by atoms with Gasteiger partial charge in [0.15, 0.2) is 0 Å². The smallest absolute Gasteiger partial charge is 0.318 e. The summed E-state index contributed by atoms with van der Waals surface area (Å²) in [6.07, 6.45) is 5.54. The number of ether oxygens (including phenoxy) is 1. The van der Waals surface area contributed by atoms with Gasteiger partial charge in [0, 0.05) is 41.8 Å². The van der Waals surface area contributed by atoms with E-state index in [-0.39, 0.29) is 52.9 Å². The quantitative estimate of drug-likeness (QED) is 0.203. The van der Waals surface area contributed by atoms with Gasteiger partial charge in [0.25, 0.3) is 0 Å². The van der Waals surface area contributed by atoms with E-state index in [1.165, 1.54) is 18.6 Å². The Morgan fingerprint density at radius 1 is 1.26 bits per heavy atom. The topological polar surface area (TPSA) is 92.2 Å². The predicted molar refractivity (Wildman–Crippen MR) is 202 cm³/mol. The maximum atomic E-state index is 11.8. The number of alkyl halides is 1. The van der Waals surface area contributed by atoms with Gasteiger partial charge >= 0.3 is 6.01 Å². The van der Waals surface area contributed by atoms with Crippen LogP contribution >= 0.6 is 38.6 Å². The fourth-order valence-electron chi connectivity index (χ4n) is 5.76. The number of nitrogens with zero attached hydrogens (tertiary/aromatic N) is 6. The number of anilines is 2. The lowest BCUT2D eigenvalue weighted by atomic mass is 10.0. The molecule has 0 spiro atoms. The minimum absolute atomic E-state index is 0. The summed E-state index contributed by atoms with van der Waals surface area (Å²) in [6, 6.07) is 13.0. The number of carbonyl (C=O) groups is 1. The monoisotopic (exact) mass is 705 g/mol. The van der Waals surface area contributed by atoms with Crippen molar-refractivity contribution in [1.29, 1.82) is 0 Å². The molecule has 1 saturated heterocycles. The number of hydrogen-bond acceptors (Lipinski definition) is 7. The highest BCUT2D eigenvalue weighted by molar-refractivity contribution is 7.59. The van der Waals surface area contributed by atoms with E-state index >= 15 is 0 Å². The van der Waals surface area contributed by atoms with Gasteiger partial charge in [0.05, 0.1) is 17.3 Å². The third-order valence-electron chi connectivity index (χ3n) is 8.19. The van der Waals surface area contributed by atoms with Gasteiger partial charge in [-0.15, -0.1) is 0 Å². The molecule has 0 radical (unpaired) electrons. The highest BCUT2D eigenvalue weighted by Gasteiger charge is 2.25. The van der Waals surface area contributed by atoms with Crippen LogP contribution in [0, 0.1) is 6.57 Å². The van der Waals surface area contributed by atoms with Crippen molar-refractivity contribution in [2.45, 2.75) is 59.2 Å². The van der Waals surface area contributed by atoms with Crippen molar-refractivity contribution in [3.63, 3.8) is 0 Å². The average molecular weight is 706 g/mol. The molecule has 47 heavy (non-hydrogen) atoms. The Morgan fingerprint density at radius 2 is 1.98 bits per heavy atom. The lowest BCUT2D eigenvalue weighted by Crippen LogP contribution is -2.38. The molecule has 2 aliphatic heterocycles. The first-order valence-electron chi connectivity index (χ1n) is 15.0. The Bertz CT molecular complexity index is 1520. The molecule has 1 fully saturated rings. The highest BCUT2D eigenvalue weighted by atomic mass is 35.5. The van der Waals surface area contributed by atoms with Crippen LogP contribution in [0.2, 0.25) is 5.02 Å². The molecule has 3 heterocycles. The maximum absolute atomic E-state index is 11.8. The van der Waals surface area contributed by atoms with E-state index in [4.69, 9.17) is 33.6 Å². The van der Waals surface area contributed by atoms with E-state index in [9.17, 15) is 9.18 Å². The van der Waals surface area contributed by atoms with Crippen molar-refractivity contribution in [1.82, 2.24) is 19.8 Å².